The van der Waals surface area contributed by atoms with E-state index in [1.165, 1.54) is 0 Å². The van der Waals surface area contributed by atoms with E-state index in [2.05, 4.69) is 5.32 Å². The minimum Gasteiger partial charge on any atom is -0.496 e. The van der Waals surface area contributed by atoms with Gasteiger partial charge in [0.2, 0.25) is 0 Å². The summed E-state index contributed by atoms with van der Waals surface area (Å²) in [6.07, 6.45) is -3.69. The molecule has 1 amide bonds. The predicted molar refractivity (Wildman–Crippen MR) is 168 cm³/mol. The van der Waals surface area contributed by atoms with Gasteiger partial charge in [0, 0.05) is 36.7 Å². The summed E-state index contributed by atoms with van der Waals surface area (Å²) in [6, 6.07) is 6.78. The first-order chi connectivity index (χ1) is 23.4. The van der Waals surface area contributed by atoms with Gasteiger partial charge >= 0.3 is 12.1 Å². The van der Waals surface area contributed by atoms with E-state index in [0.29, 0.717) is 55.3 Å². The van der Waals surface area contributed by atoms with Gasteiger partial charge in [0.05, 0.1) is 34.0 Å². The van der Waals surface area contributed by atoms with Crippen molar-refractivity contribution in [2.45, 2.75) is 57.0 Å². The number of alkyl halides is 3. The average Bonchev–Trinajstić information content (AvgIpc) is 3.50. The quantitative estimate of drug-likeness (QED) is 0.230. The van der Waals surface area contributed by atoms with E-state index in [1.54, 1.807) is 26.4 Å². The summed E-state index contributed by atoms with van der Waals surface area (Å²) >= 11 is 0. The van der Waals surface area contributed by atoms with Gasteiger partial charge in [-0.25, -0.2) is 13.6 Å². The number of halogens is 5. The van der Waals surface area contributed by atoms with E-state index >= 15 is 8.78 Å². The van der Waals surface area contributed by atoms with Crippen LogP contribution >= 0.6 is 0 Å². The number of rotatable bonds is 12. The lowest BCUT2D eigenvalue weighted by atomic mass is 9.89. The molecule has 14 heteroatoms. The van der Waals surface area contributed by atoms with Gasteiger partial charge in [0.15, 0.2) is 0 Å². The number of carbonyl (C=O) groups is 2. The number of fused-ring (bicyclic) bond motifs is 1. The van der Waals surface area contributed by atoms with Crippen molar-refractivity contribution in [1.82, 2.24) is 5.32 Å². The number of morpholine rings is 1. The van der Waals surface area contributed by atoms with E-state index < -0.39 is 59.6 Å². The highest BCUT2D eigenvalue weighted by molar-refractivity contribution is 5.97. The lowest BCUT2D eigenvalue weighted by molar-refractivity contribution is -0.167. The van der Waals surface area contributed by atoms with E-state index in [-0.39, 0.29) is 25.5 Å². The van der Waals surface area contributed by atoms with Gasteiger partial charge in [-0.2, -0.15) is 13.2 Å². The number of anilines is 1. The van der Waals surface area contributed by atoms with Gasteiger partial charge in [-0.1, -0.05) is 18.2 Å². The summed E-state index contributed by atoms with van der Waals surface area (Å²) in [5.41, 5.74) is 2.62. The van der Waals surface area contributed by atoms with E-state index in [1.807, 2.05) is 25.1 Å². The van der Waals surface area contributed by atoms with Crippen molar-refractivity contribution in [3.8, 4) is 11.5 Å². The third kappa shape index (κ3) is 7.59. The van der Waals surface area contributed by atoms with Crippen LogP contribution in [0.1, 0.15) is 57.4 Å². The van der Waals surface area contributed by atoms with Gasteiger partial charge in [0.25, 0.3) is 5.91 Å². The van der Waals surface area contributed by atoms with Gasteiger partial charge in [-0.3, -0.25) is 4.79 Å². The molecule has 1 heterocycles. The number of hydrogen-bond donors (Lipinski definition) is 2. The number of aliphatic carboxylic acids is 1. The first-order valence-corrected chi connectivity index (χ1v) is 15.7. The number of nitrogens with zero attached hydrogens (tertiary/aromatic N) is 1. The number of benzene rings is 3. The summed E-state index contributed by atoms with van der Waals surface area (Å²) in [5, 5.41) is 12.2. The van der Waals surface area contributed by atoms with Crippen LogP contribution < -0.4 is 19.7 Å². The Morgan fingerprint density at radius 1 is 1.08 bits per heavy atom. The fourth-order valence-electron chi connectivity index (χ4n) is 6.64. The first kappa shape index (κ1) is 35.9. The molecule has 3 aromatic rings. The smallest absolute Gasteiger partial charge is 0.411 e. The molecular weight excluding hydrogens is 655 g/mol. The summed E-state index contributed by atoms with van der Waals surface area (Å²) in [6.45, 7) is 1.72. The molecule has 0 bridgehead atoms. The Kier molecular flexibility index (Phi) is 11.0. The Hall–Kier alpha value is -4.43. The Labute approximate surface area is 279 Å². The summed E-state index contributed by atoms with van der Waals surface area (Å²) < 4.78 is 93.0. The predicted octanol–water partition coefficient (Wildman–Crippen LogP) is 5.79. The molecule has 49 heavy (non-hydrogen) atoms. The van der Waals surface area contributed by atoms with Crippen LogP contribution in [0.3, 0.4) is 0 Å². The lowest BCUT2D eigenvalue weighted by Gasteiger charge is -2.38. The van der Waals surface area contributed by atoms with Crippen LogP contribution in [-0.4, -0.2) is 75.8 Å². The highest BCUT2D eigenvalue weighted by atomic mass is 19.4. The van der Waals surface area contributed by atoms with E-state index in [0.717, 1.165) is 27.2 Å². The molecule has 3 atom stereocenters. The zero-order chi connectivity index (χ0) is 35.5. The number of carboxylic acid groups (broad SMARTS) is 1. The van der Waals surface area contributed by atoms with Crippen molar-refractivity contribution in [1.29, 1.82) is 0 Å². The van der Waals surface area contributed by atoms with Gasteiger partial charge in [-0.15, -0.1) is 0 Å². The second-order valence-electron chi connectivity index (χ2n) is 11.8. The monoisotopic (exact) mass is 692 g/mol. The van der Waals surface area contributed by atoms with Crippen LogP contribution in [-0.2, 0) is 33.7 Å². The Morgan fingerprint density at radius 3 is 2.35 bits per heavy atom. The summed E-state index contributed by atoms with van der Waals surface area (Å²) in [4.78, 5) is 26.2. The lowest BCUT2D eigenvalue weighted by Crippen LogP contribution is -2.53. The van der Waals surface area contributed by atoms with Crippen molar-refractivity contribution < 1.29 is 55.6 Å². The van der Waals surface area contributed by atoms with Crippen LogP contribution in [0.2, 0.25) is 0 Å². The Bertz CT molecular complexity index is 1650. The number of ether oxygens (including phenoxy) is 4. The molecule has 1 unspecified atom stereocenters. The molecule has 3 aromatic carbocycles. The molecular formula is C35H37F5N2O7. The molecule has 0 spiro atoms. The molecule has 0 radical (unpaired) electrons. The van der Waals surface area contributed by atoms with E-state index in [4.69, 9.17) is 18.9 Å². The molecule has 2 N–H and O–H groups in total. The number of carbonyl (C=O) groups excluding carboxylic acids is 1. The Balaban J connectivity index is 1.39. The second-order valence-corrected chi connectivity index (χ2v) is 11.8. The standard InChI is InChI=1S/C35H37F5N2O7/c1-4-48-17-19-12-28(46-2)31(29(13-19)47-3)24-9-8-22-20(6-5-7-23(22)24)14-27(34(44)45)41-33(43)32-25(36)15-21(16-26(32)37)42-10-11-49-18-30(42)35(38,39)40/h5-7,12-13,15-16,24,27,30H,4,8-11,14,17-18H2,1-3H3,(H,41,43)(H,44,45)/t24-,27?,30-/m1/s1. The van der Waals surface area contributed by atoms with Crippen LogP contribution in [0.25, 0.3) is 0 Å². The maximum absolute atomic E-state index is 15.2. The minimum atomic E-state index is -4.73. The fraction of sp³-hybridized carbons (Fsp3) is 0.429. The molecule has 264 valence electrons. The van der Waals surface area contributed by atoms with Crippen LogP contribution in [0.4, 0.5) is 27.6 Å². The molecule has 9 nitrogen and oxygen atoms in total. The van der Waals surface area contributed by atoms with Crippen molar-refractivity contribution in [2.75, 3.05) is 45.5 Å². The average molecular weight is 693 g/mol. The minimum absolute atomic E-state index is 0.0931. The Morgan fingerprint density at radius 2 is 1.76 bits per heavy atom. The number of carboxylic acids is 1. The SMILES string of the molecule is CCOCc1cc(OC)c([C@@H]2CCc3c(CC(NC(=O)c4c(F)cc(N5CCOC[C@@H]5C(F)(F)F)cc4F)C(=O)O)cccc32)c(OC)c1. The highest BCUT2D eigenvalue weighted by Crippen LogP contribution is 2.47. The van der Waals surface area contributed by atoms with Crippen molar-refractivity contribution in [3.63, 3.8) is 0 Å². The van der Waals surface area contributed by atoms with Gasteiger partial charge in [-0.05, 0) is 66.3 Å². The summed E-state index contributed by atoms with van der Waals surface area (Å²) in [5.74, 6) is -4.56. The number of methoxy groups -OCH3 is 2. The zero-order valence-corrected chi connectivity index (χ0v) is 27.2. The number of nitrogens with one attached hydrogen (secondary N) is 1. The molecule has 2 aliphatic rings. The fourth-order valence-corrected chi connectivity index (χ4v) is 6.64. The van der Waals surface area contributed by atoms with Gasteiger partial charge < -0.3 is 34.3 Å². The second kappa shape index (κ2) is 15.0. The molecule has 5 rings (SSSR count). The van der Waals surface area contributed by atoms with Gasteiger partial charge in [0.1, 0.15) is 40.8 Å². The van der Waals surface area contributed by atoms with Crippen LogP contribution in [0.5, 0.6) is 11.5 Å². The molecule has 1 aliphatic carbocycles. The third-order valence-corrected chi connectivity index (χ3v) is 8.91. The third-order valence-electron chi connectivity index (χ3n) is 8.91. The van der Waals surface area contributed by atoms with Crippen LogP contribution in [0, 0.1) is 11.6 Å². The van der Waals surface area contributed by atoms with Crippen molar-refractivity contribution >= 4 is 17.6 Å². The highest BCUT2D eigenvalue weighted by Gasteiger charge is 2.46. The van der Waals surface area contributed by atoms with Crippen molar-refractivity contribution in [3.05, 3.63) is 87.5 Å². The van der Waals surface area contributed by atoms with E-state index in [9.17, 15) is 27.9 Å². The molecule has 0 aromatic heterocycles. The zero-order valence-electron chi connectivity index (χ0n) is 27.2. The topological polar surface area (TPSA) is 107 Å². The van der Waals surface area contributed by atoms with Crippen LogP contribution in [0.15, 0.2) is 42.5 Å². The summed E-state index contributed by atoms with van der Waals surface area (Å²) in [7, 11) is 3.13. The molecule has 1 saturated heterocycles. The number of amides is 1. The molecule has 1 aliphatic heterocycles. The van der Waals surface area contributed by atoms with Crippen molar-refractivity contribution in [2.24, 2.45) is 0 Å². The number of hydrogen-bond acceptors (Lipinski definition) is 7. The largest absolute Gasteiger partial charge is 0.496 e. The first-order valence-electron chi connectivity index (χ1n) is 15.7. The molecule has 0 saturated carbocycles. The maximum atomic E-state index is 15.2. The normalized spacial score (nSPS) is 18.2. The molecule has 1 fully saturated rings. The maximum Gasteiger partial charge on any atom is 0.411 e.